The van der Waals surface area contributed by atoms with Gasteiger partial charge in [-0.25, -0.2) is 0 Å². The molecule has 12 heteroatoms. The highest BCUT2D eigenvalue weighted by atomic mass is 16.6. The van der Waals surface area contributed by atoms with E-state index in [4.69, 9.17) is 63.3 Å². The van der Waals surface area contributed by atoms with Gasteiger partial charge in [0.15, 0.2) is 0 Å². The Bertz CT molecular complexity index is 507. The van der Waals surface area contributed by atoms with Crippen LogP contribution in [0.15, 0.2) is 0 Å². The molecular formula is C29H56O12. The maximum Gasteiger partial charge on any atom is 0.107 e. The normalized spacial score (nSPS) is 11.3. The lowest BCUT2D eigenvalue weighted by atomic mass is 10.4. The third-order valence-corrected chi connectivity index (χ3v) is 4.92. The van der Waals surface area contributed by atoms with Crippen LogP contribution in [0.25, 0.3) is 0 Å². The van der Waals surface area contributed by atoms with Crippen LogP contribution in [-0.4, -0.2) is 159 Å². The zero-order chi connectivity index (χ0) is 29.6. The van der Waals surface area contributed by atoms with Crippen molar-refractivity contribution < 1.29 is 56.8 Å². The summed E-state index contributed by atoms with van der Waals surface area (Å²) in [5.41, 5.74) is 0. The Hall–Kier alpha value is -0.920. The predicted molar refractivity (Wildman–Crippen MR) is 154 cm³/mol. The number of hydrogen-bond acceptors (Lipinski definition) is 12. The van der Waals surface area contributed by atoms with E-state index >= 15 is 0 Å². The van der Waals surface area contributed by atoms with E-state index < -0.39 is 0 Å². The summed E-state index contributed by atoms with van der Waals surface area (Å²) >= 11 is 0. The van der Waals surface area contributed by atoms with Crippen molar-refractivity contribution in [2.75, 3.05) is 159 Å². The van der Waals surface area contributed by atoms with Crippen LogP contribution in [0, 0.1) is 12.3 Å². The molecule has 41 heavy (non-hydrogen) atoms. The number of unbranched alkanes of at least 4 members (excludes halogenated alkanes) is 1. The van der Waals surface area contributed by atoms with Gasteiger partial charge in [0, 0.05) is 6.61 Å². The molecule has 0 aliphatic rings. The van der Waals surface area contributed by atoms with Crippen LogP contribution in [0.3, 0.4) is 0 Å². The summed E-state index contributed by atoms with van der Waals surface area (Å²) < 4.78 is 64.9. The van der Waals surface area contributed by atoms with Gasteiger partial charge in [-0.2, -0.15) is 0 Å². The minimum atomic E-state index is 0.309. The zero-order valence-corrected chi connectivity index (χ0v) is 25.4. The van der Waals surface area contributed by atoms with E-state index in [-0.39, 0.29) is 0 Å². The predicted octanol–water partition coefficient (Wildman–Crippen LogP) is 1.62. The molecule has 0 aromatic heterocycles. The fraction of sp³-hybridized carbons (Fsp3) is 0.931. The average Bonchev–Trinajstić information content (AvgIpc) is 2.98. The van der Waals surface area contributed by atoms with E-state index in [0.717, 1.165) is 19.4 Å². The summed E-state index contributed by atoms with van der Waals surface area (Å²) in [6.07, 6.45) is 7.32. The van der Waals surface area contributed by atoms with Crippen molar-refractivity contribution in [3.05, 3.63) is 0 Å². The highest BCUT2D eigenvalue weighted by molar-refractivity contribution is 4.82. The van der Waals surface area contributed by atoms with Gasteiger partial charge in [-0.1, -0.05) is 19.3 Å². The van der Waals surface area contributed by atoms with Crippen LogP contribution in [0.1, 0.15) is 19.8 Å². The van der Waals surface area contributed by atoms with Gasteiger partial charge in [0.25, 0.3) is 0 Å². The van der Waals surface area contributed by atoms with Crippen LogP contribution in [0.5, 0.6) is 0 Å². The van der Waals surface area contributed by atoms with Crippen molar-refractivity contribution in [3.63, 3.8) is 0 Å². The topological polar surface area (TPSA) is 111 Å². The highest BCUT2D eigenvalue weighted by Crippen LogP contribution is 1.89. The fourth-order valence-corrected chi connectivity index (χ4v) is 2.80. The van der Waals surface area contributed by atoms with Crippen molar-refractivity contribution in [3.8, 4) is 12.3 Å². The molecule has 244 valence electrons. The molecule has 0 unspecified atom stereocenters. The summed E-state index contributed by atoms with van der Waals surface area (Å²) in [7, 11) is 0. The summed E-state index contributed by atoms with van der Waals surface area (Å²) in [6, 6.07) is 0. The SMILES string of the molecule is C#CCOCCOCCOCCOCCOCCOCCOCCOCCOCCOCCOCCOCCCC. The van der Waals surface area contributed by atoms with Gasteiger partial charge in [0.1, 0.15) is 6.61 Å². The second-order valence-electron chi connectivity index (χ2n) is 8.35. The molecule has 0 amide bonds. The van der Waals surface area contributed by atoms with Crippen molar-refractivity contribution in [2.24, 2.45) is 0 Å². The Morgan fingerprint density at radius 1 is 0.317 bits per heavy atom. The van der Waals surface area contributed by atoms with Crippen LogP contribution < -0.4 is 0 Å². The smallest absolute Gasteiger partial charge is 0.107 e. The molecule has 0 aliphatic carbocycles. The summed E-state index contributed by atoms with van der Waals surface area (Å²) in [5, 5.41) is 0. The highest BCUT2D eigenvalue weighted by Gasteiger charge is 1.96. The molecule has 0 saturated carbocycles. The number of terminal acetylenes is 1. The Labute approximate surface area is 247 Å². The van der Waals surface area contributed by atoms with Gasteiger partial charge in [-0.3, -0.25) is 0 Å². The van der Waals surface area contributed by atoms with Gasteiger partial charge in [0.2, 0.25) is 0 Å². The molecule has 0 saturated heterocycles. The monoisotopic (exact) mass is 596 g/mol. The lowest BCUT2D eigenvalue weighted by Crippen LogP contribution is -2.15. The van der Waals surface area contributed by atoms with Gasteiger partial charge in [-0.05, 0) is 6.42 Å². The van der Waals surface area contributed by atoms with Gasteiger partial charge < -0.3 is 56.8 Å². The molecule has 0 fully saturated rings. The second kappa shape index (κ2) is 39.1. The second-order valence-corrected chi connectivity index (χ2v) is 8.35. The average molecular weight is 597 g/mol. The third kappa shape index (κ3) is 39.1. The Balaban J connectivity index is 3.02. The number of ether oxygens (including phenoxy) is 12. The maximum absolute atomic E-state index is 5.47. The molecule has 0 heterocycles. The van der Waals surface area contributed by atoms with Crippen molar-refractivity contribution in [1.29, 1.82) is 0 Å². The van der Waals surface area contributed by atoms with E-state index in [9.17, 15) is 0 Å². The van der Waals surface area contributed by atoms with E-state index in [1.54, 1.807) is 0 Å². The minimum Gasteiger partial charge on any atom is -0.379 e. The Morgan fingerprint density at radius 3 is 0.707 bits per heavy atom. The number of rotatable bonds is 37. The van der Waals surface area contributed by atoms with E-state index in [1.807, 2.05) is 0 Å². The molecule has 0 radical (unpaired) electrons. The lowest BCUT2D eigenvalue weighted by molar-refractivity contribution is -0.0281. The Morgan fingerprint density at radius 2 is 0.512 bits per heavy atom. The molecule has 0 aliphatic heterocycles. The molecule has 0 aromatic rings. The van der Waals surface area contributed by atoms with E-state index in [2.05, 4.69) is 12.8 Å². The molecular weight excluding hydrogens is 540 g/mol. The number of hydrogen-bond donors (Lipinski definition) is 0. The molecule has 0 aromatic carbocycles. The van der Waals surface area contributed by atoms with Crippen LogP contribution in [0.2, 0.25) is 0 Å². The minimum absolute atomic E-state index is 0.309. The lowest BCUT2D eigenvalue weighted by Gasteiger charge is -2.09. The first kappa shape index (κ1) is 40.1. The molecule has 12 nitrogen and oxygen atoms in total. The molecule has 0 bridgehead atoms. The first-order valence-corrected chi connectivity index (χ1v) is 14.8. The molecule has 0 N–H and O–H groups in total. The maximum atomic E-state index is 5.47. The fourth-order valence-electron chi connectivity index (χ4n) is 2.80. The van der Waals surface area contributed by atoms with Crippen molar-refractivity contribution >= 4 is 0 Å². The standard InChI is InChI=1S/C29H56O12/c1-3-5-7-31-9-11-33-13-15-35-17-19-37-21-23-39-25-27-41-29-28-40-26-24-38-22-20-36-18-16-34-14-12-32-10-8-30-6-4-2/h2H,3,5-29H2,1H3. The first-order chi connectivity index (χ1) is 20.4. The largest absolute Gasteiger partial charge is 0.379 e. The molecule has 0 rings (SSSR count). The zero-order valence-electron chi connectivity index (χ0n) is 25.4. The quantitative estimate of drug-likeness (QED) is 0.0768. The van der Waals surface area contributed by atoms with Crippen LogP contribution >= 0.6 is 0 Å². The van der Waals surface area contributed by atoms with Gasteiger partial charge >= 0.3 is 0 Å². The van der Waals surface area contributed by atoms with Crippen molar-refractivity contribution in [2.45, 2.75) is 19.8 Å². The van der Waals surface area contributed by atoms with Crippen molar-refractivity contribution in [1.82, 2.24) is 0 Å². The Kier molecular flexibility index (Phi) is 38.2. The van der Waals surface area contributed by atoms with Gasteiger partial charge in [-0.15, -0.1) is 6.42 Å². The molecule has 0 atom stereocenters. The summed E-state index contributed by atoms with van der Waals surface area (Å²) in [4.78, 5) is 0. The van der Waals surface area contributed by atoms with E-state index in [0.29, 0.717) is 152 Å². The van der Waals surface area contributed by atoms with Gasteiger partial charge in [0.05, 0.1) is 145 Å². The third-order valence-electron chi connectivity index (χ3n) is 4.92. The first-order valence-electron chi connectivity index (χ1n) is 14.8. The van der Waals surface area contributed by atoms with E-state index in [1.165, 1.54) is 0 Å². The van der Waals surface area contributed by atoms with Crippen LogP contribution in [0.4, 0.5) is 0 Å². The molecule has 0 spiro atoms. The van der Waals surface area contributed by atoms with Crippen LogP contribution in [-0.2, 0) is 56.8 Å². The summed E-state index contributed by atoms with van der Waals surface area (Å²) in [5.74, 6) is 2.40. The summed E-state index contributed by atoms with van der Waals surface area (Å²) in [6.45, 7) is 14.9.